The number of esters is 1. The summed E-state index contributed by atoms with van der Waals surface area (Å²) in [7, 11) is 1.55. The highest BCUT2D eigenvalue weighted by atomic mass is 79.9. The van der Waals surface area contributed by atoms with E-state index in [4.69, 9.17) is 9.47 Å². The minimum absolute atomic E-state index is 0.00447. The van der Waals surface area contributed by atoms with Gasteiger partial charge in [0.15, 0.2) is 4.80 Å². The summed E-state index contributed by atoms with van der Waals surface area (Å²) in [4.78, 5) is 45.5. The first-order valence-corrected chi connectivity index (χ1v) is 14.4. The van der Waals surface area contributed by atoms with Gasteiger partial charge in [0, 0.05) is 19.2 Å². The number of halogens is 1. The van der Waals surface area contributed by atoms with E-state index in [1.165, 1.54) is 22.0 Å². The molecule has 208 valence electrons. The monoisotopic (exact) mass is 626 g/mol. The molecule has 1 atom stereocenters. The van der Waals surface area contributed by atoms with Gasteiger partial charge >= 0.3 is 5.97 Å². The summed E-state index contributed by atoms with van der Waals surface area (Å²) in [6.45, 7) is 5.17. The SMILES string of the molecule is CCOC(=O)C1=C(C)N=c2s/c(=C\c3ccc(N4CCCC4)c([N+](=O)[O-])c3)c(=O)n2[C@@H]1c1ccc(OC)c(Br)c1. The number of carbonyl (C=O) groups is 1. The van der Waals surface area contributed by atoms with Crippen LogP contribution in [0.4, 0.5) is 11.4 Å². The number of nitro groups is 1. The van der Waals surface area contributed by atoms with Gasteiger partial charge in [0.05, 0.1) is 45.0 Å². The lowest BCUT2D eigenvalue weighted by Crippen LogP contribution is -2.40. The molecule has 1 aromatic heterocycles. The molecule has 3 heterocycles. The molecule has 0 saturated carbocycles. The minimum atomic E-state index is -0.786. The van der Waals surface area contributed by atoms with E-state index < -0.39 is 12.0 Å². The smallest absolute Gasteiger partial charge is 0.338 e. The lowest BCUT2D eigenvalue weighted by atomic mass is 9.96. The van der Waals surface area contributed by atoms with Crippen LogP contribution in [0.3, 0.4) is 0 Å². The fourth-order valence-electron chi connectivity index (χ4n) is 5.11. The fourth-order valence-corrected chi connectivity index (χ4v) is 6.72. The second-order valence-electron chi connectivity index (χ2n) is 9.40. The summed E-state index contributed by atoms with van der Waals surface area (Å²) in [5.74, 6) is 0.0524. The number of anilines is 1. The van der Waals surface area contributed by atoms with Gasteiger partial charge in [-0.1, -0.05) is 23.5 Å². The van der Waals surface area contributed by atoms with Gasteiger partial charge in [-0.05, 0) is 78.0 Å². The van der Waals surface area contributed by atoms with Gasteiger partial charge in [-0.2, -0.15) is 0 Å². The van der Waals surface area contributed by atoms with Crippen molar-refractivity contribution in [2.45, 2.75) is 32.7 Å². The van der Waals surface area contributed by atoms with Crippen LogP contribution in [0.5, 0.6) is 5.75 Å². The number of ether oxygens (including phenoxy) is 2. The van der Waals surface area contributed by atoms with Crippen LogP contribution in [0.2, 0.25) is 0 Å². The number of allylic oxidation sites excluding steroid dienone is 1. The van der Waals surface area contributed by atoms with E-state index in [1.807, 2.05) is 4.90 Å². The van der Waals surface area contributed by atoms with Gasteiger partial charge in [-0.25, -0.2) is 9.79 Å². The van der Waals surface area contributed by atoms with Crippen molar-refractivity contribution in [1.82, 2.24) is 4.57 Å². The Morgan fingerprint density at radius 2 is 2.00 bits per heavy atom. The Morgan fingerprint density at radius 1 is 1.25 bits per heavy atom. The van der Waals surface area contributed by atoms with E-state index in [1.54, 1.807) is 57.4 Å². The van der Waals surface area contributed by atoms with Crippen molar-refractivity contribution in [2.24, 2.45) is 4.99 Å². The first-order chi connectivity index (χ1) is 19.2. The van der Waals surface area contributed by atoms with Crippen LogP contribution in [0.15, 0.2) is 61.9 Å². The van der Waals surface area contributed by atoms with Crippen molar-refractivity contribution in [2.75, 3.05) is 31.7 Å². The number of nitrogens with zero attached hydrogens (tertiary/aromatic N) is 4. The molecule has 2 aliphatic heterocycles. The zero-order valence-corrected chi connectivity index (χ0v) is 24.6. The number of nitro benzene ring substituents is 1. The molecule has 0 bridgehead atoms. The molecule has 5 rings (SSSR count). The van der Waals surface area contributed by atoms with E-state index in [0.717, 1.165) is 25.9 Å². The van der Waals surface area contributed by atoms with Crippen LogP contribution >= 0.6 is 27.3 Å². The Hall–Kier alpha value is -3.77. The van der Waals surface area contributed by atoms with Gasteiger partial charge in [0.1, 0.15) is 11.4 Å². The third-order valence-corrected chi connectivity index (χ3v) is 8.55. The second kappa shape index (κ2) is 11.4. The number of thiazole rings is 1. The molecule has 0 aliphatic carbocycles. The summed E-state index contributed by atoms with van der Waals surface area (Å²) in [6, 6.07) is 9.60. The number of benzene rings is 2. The third-order valence-electron chi connectivity index (χ3n) is 6.95. The van der Waals surface area contributed by atoms with Crippen molar-refractivity contribution >= 4 is 50.7 Å². The first kappa shape index (κ1) is 27.8. The summed E-state index contributed by atoms with van der Waals surface area (Å²) < 4.78 is 13.2. The Bertz CT molecular complexity index is 1720. The normalized spacial score (nSPS) is 17.1. The molecule has 0 spiro atoms. The zero-order valence-electron chi connectivity index (χ0n) is 22.2. The van der Waals surface area contributed by atoms with Gasteiger partial charge in [-0.15, -0.1) is 0 Å². The third kappa shape index (κ3) is 5.08. The molecular formula is C28H27BrN4O6S. The zero-order chi connectivity index (χ0) is 28.6. The topological polar surface area (TPSA) is 116 Å². The number of hydrogen-bond donors (Lipinski definition) is 0. The summed E-state index contributed by atoms with van der Waals surface area (Å²) in [6.07, 6.45) is 3.63. The molecule has 3 aromatic rings. The molecule has 12 heteroatoms. The standard InChI is InChI=1S/C28H27BrN4O6S/c1-4-39-27(35)24-16(2)30-28-32(25(24)18-8-10-22(38-3)19(29)15-18)26(34)23(40-28)14-17-7-9-20(21(13-17)33(36)37)31-11-5-6-12-31/h7-10,13-15,25H,4-6,11-12H2,1-3H3/b23-14-/t25-/m1/s1. The second-order valence-corrected chi connectivity index (χ2v) is 11.3. The van der Waals surface area contributed by atoms with Gasteiger partial charge < -0.3 is 14.4 Å². The van der Waals surface area contributed by atoms with E-state index in [0.29, 0.717) is 42.1 Å². The molecule has 1 fully saturated rings. The molecule has 0 unspecified atom stereocenters. The minimum Gasteiger partial charge on any atom is -0.496 e. The largest absolute Gasteiger partial charge is 0.496 e. The molecule has 2 aliphatic rings. The Labute approximate surface area is 242 Å². The number of hydrogen-bond acceptors (Lipinski definition) is 9. The molecule has 1 saturated heterocycles. The van der Waals surface area contributed by atoms with Crippen molar-refractivity contribution in [3.8, 4) is 5.75 Å². The molecular weight excluding hydrogens is 600 g/mol. The first-order valence-electron chi connectivity index (χ1n) is 12.8. The molecule has 0 radical (unpaired) electrons. The summed E-state index contributed by atoms with van der Waals surface area (Å²) in [5, 5.41) is 11.9. The van der Waals surface area contributed by atoms with Crippen LogP contribution in [0.25, 0.3) is 6.08 Å². The average molecular weight is 628 g/mol. The van der Waals surface area contributed by atoms with Gasteiger partial charge in [-0.3, -0.25) is 19.5 Å². The highest BCUT2D eigenvalue weighted by Gasteiger charge is 2.33. The predicted octanol–water partition coefficient (Wildman–Crippen LogP) is 4.08. The molecule has 0 N–H and O–H groups in total. The number of fused-ring (bicyclic) bond motifs is 1. The Kier molecular flexibility index (Phi) is 7.90. The predicted molar refractivity (Wildman–Crippen MR) is 156 cm³/mol. The summed E-state index contributed by atoms with van der Waals surface area (Å²) in [5.41, 5.74) is 2.15. The maximum absolute atomic E-state index is 13.9. The highest BCUT2D eigenvalue weighted by Crippen LogP contribution is 2.35. The van der Waals surface area contributed by atoms with Crippen molar-refractivity contribution < 1.29 is 19.2 Å². The fraction of sp³-hybridized carbons (Fsp3) is 0.321. The molecule has 2 aromatic carbocycles. The number of rotatable bonds is 7. The summed E-state index contributed by atoms with van der Waals surface area (Å²) >= 11 is 4.67. The van der Waals surface area contributed by atoms with E-state index in [2.05, 4.69) is 20.9 Å². The van der Waals surface area contributed by atoms with Crippen molar-refractivity contribution in [1.29, 1.82) is 0 Å². The molecule has 10 nitrogen and oxygen atoms in total. The lowest BCUT2D eigenvalue weighted by molar-refractivity contribution is -0.384. The lowest BCUT2D eigenvalue weighted by Gasteiger charge is -2.25. The van der Waals surface area contributed by atoms with Crippen LogP contribution in [0, 0.1) is 10.1 Å². The van der Waals surface area contributed by atoms with E-state index in [-0.39, 0.29) is 28.3 Å². The van der Waals surface area contributed by atoms with Crippen LogP contribution in [-0.4, -0.2) is 42.3 Å². The molecule has 0 amide bonds. The maximum atomic E-state index is 13.9. The van der Waals surface area contributed by atoms with Gasteiger partial charge in [0.2, 0.25) is 0 Å². The van der Waals surface area contributed by atoms with Crippen LogP contribution in [-0.2, 0) is 9.53 Å². The van der Waals surface area contributed by atoms with E-state index in [9.17, 15) is 19.7 Å². The van der Waals surface area contributed by atoms with Gasteiger partial charge in [0.25, 0.3) is 11.2 Å². The quantitative estimate of drug-likeness (QED) is 0.220. The number of aromatic nitrogens is 1. The van der Waals surface area contributed by atoms with Crippen LogP contribution < -0.4 is 24.5 Å². The number of carbonyl (C=O) groups excluding carboxylic acids is 1. The van der Waals surface area contributed by atoms with Crippen molar-refractivity contribution in [3.63, 3.8) is 0 Å². The van der Waals surface area contributed by atoms with E-state index >= 15 is 0 Å². The highest BCUT2D eigenvalue weighted by molar-refractivity contribution is 9.10. The average Bonchev–Trinajstić information content (AvgIpc) is 3.56. The maximum Gasteiger partial charge on any atom is 0.338 e. The molecule has 40 heavy (non-hydrogen) atoms. The van der Waals surface area contributed by atoms with Crippen LogP contribution in [0.1, 0.15) is 43.9 Å². The Balaban J connectivity index is 1.66. The Morgan fingerprint density at radius 3 is 2.65 bits per heavy atom. The number of methoxy groups -OCH3 is 1. The van der Waals surface area contributed by atoms with Crippen molar-refractivity contribution in [3.05, 3.63) is 93.1 Å².